The molecule has 2 aliphatic heterocycles. The van der Waals surface area contributed by atoms with E-state index in [4.69, 9.17) is 38.3 Å². The van der Waals surface area contributed by atoms with Crippen LogP contribution >= 0.6 is 0 Å². The van der Waals surface area contributed by atoms with Gasteiger partial charge in [-0.1, -0.05) is 58.7 Å². The molecule has 65 heavy (non-hydrogen) atoms. The van der Waals surface area contributed by atoms with Gasteiger partial charge in [-0.15, -0.1) is 0 Å². The Bertz CT molecular complexity index is 1950. The first kappa shape index (κ1) is 61.3. The summed E-state index contributed by atoms with van der Waals surface area (Å²) in [6.07, 6.45) is 8.28. The number of phenolic OH excluding ortho intramolecular Hbond substituents is 1. The van der Waals surface area contributed by atoms with Gasteiger partial charge in [0.25, 0.3) is 5.78 Å². The largest absolute Gasteiger partial charge is 0.507 e. The Morgan fingerprint density at radius 3 is 1.69 bits per heavy atom. The van der Waals surface area contributed by atoms with Gasteiger partial charge < -0.3 is 48.5 Å². The van der Waals surface area contributed by atoms with Gasteiger partial charge in [-0.3, -0.25) is 14.4 Å². The number of hydrogen-bond donors (Lipinski definition) is 3. The molecule has 0 saturated heterocycles. The molecule has 0 aromatic heterocycles. The van der Waals surface area contributed by atoms with Crippen molar-refractivity contribution in [3.63, 3.8) is 0 Å². The normalized spacial score (nSPS) is 20.0. The number of hydrogen-bond acceptors (Lipinski definition) is 15. The Labute approximate surface area is 379 Å². The van der Waals surface area contributed by atoms with Crippen molar-refractivity contribution in [3.05, 3.63) is 83.0 Å². The summed E-state index contributed by atoms with van der Waals surface area (Å²) in [5, 5.41) is 27.6. The molecule has 0 aliphatic carbocycles. The topological polar surface area (TPSA) is 211 Å². The lowest BCUT2D eigenvalue weighted by atomic mass is 10.0. The lowest BCUT2D eigenvalue weighted by Gasteiger charge is -2.18. The molecule has 2 aromatic carbocycles. The van der Waals surface area contributed by atoms with Gasteiger partial charge in [-0.25, -0.2) is 9.59 Å². The Morgan fingerprint density at radius 1 is 0.723 bits per heavy atom. The van der Waals surface area contributed by atoms with E-state index in [9.17, 15) is 47.4 Å². The van der Waals surface area contributed by atoms with Crippen molar-refractivity contribution >= 4 is 41.4 Å². The number of ether oxygens (including phenoxy) is 7. The fourth-order valence-electron chi connectivity index (χ4n) is 5.49. The quantitative estimate of drug-likeness (QED) is 0.176. The predicted octanol–water partition coefficient (Wildman–Crippen LogP) is 8.21. The molecule has 4 rings (SSSR count). The van der Waals surface area contributed by atoms with E-state index in [-0.39, 0.29) is 58.4 Å². The van der Waals surface area contributed by atoms with Crippen LogP contribution in [-0.2, 0) is 33.3 Å². The summed E-state index contributed by atoms with van der Waals surface area (Å²) in [4.78, 5) is 58.8. The third-order valence-electron chi connectivity index (χ3n) is 8.74. The fourth-order valence-corrected chi connectivity index (χ4v) is 5.49. The number of aliphatic hydroxyl groups is 2. The molecule has 0 unspecified atom stereocenters. The molecule has 0 saturated carbocycles. The molecule has 2 heterocycles. The van der Waals surface area contributed by atoms with E-state index in [1.165, 1.54) is 46.7 Å². The van der Waals surface area contributed by atoms with E-state index in [0.717, 1.165) is 0 Å². The van der Waals surface area contributed by atoms with Crippen molar-refractivity contribution < 1.29 is 85.6 Å². The summed E-state index contributed by atoms with van der Waals surface area (Å²) in [5.74, 6) is -2.73. The molecule has 0 bridgehead atoms. The summed E-state index contributed by atoms with van der Waals surface area (Å²) in [7, 11) is 6.02. The van der Waals surface area contributed by atoms with Crippen LogP contribution in [0.5, 0.6) is 23.0 Å². The van der Waals surface area contributed by atoms with E-state index >= 15 is 0 Å². The lowest BCUT2D eigenvalue weighted by molar-refractivity contribution is -0.173. The molecular weight excluding hydrogens is 861 g/mol. The fraction of sp³-hybridized carbons (Fsp3) is 0.468. The Morgan fingerprint density at radius 2 is 1.22 bits per heavy atom. The van der Waals surface area contributed by atoms with Crippen LogP contribution in [0.25, 0.3) is 12.2 Å². The summed E-state index contributed by atoms with van der Waals surface area (Å²) < 4.78 is 70.1. The van der Waals surface area contributed by atoms with Gasteiger partial charge in [-0.2, -0.15) is 13.2 Å². The van der Waals surface area contributed by atoms with Crippen molar-refractivity contribution in [3.8, 4) is 23.0 Å². The average Bonchev–Trinajstić information content (AvgIpc) is 3.22. The summed E-state index contributed by atoms with van der Waals surface area (Å²) in [6.45, 7) is 1.96. The zero-order valence-corrected chi connectivity index (χ0v) is 35.3. The number of ketones is 3. The molecule has 18 heteroatoms. The monoisotopic (exact) mass is 926 g/mol. The van der Waals surface area contributed by atoms with E-state index < -0.39 is 54.9 Å². The number of methoxy groups -OCH3 is 4. The SMILES string of the molecule is C.C.C.COCOc1cc(OC)cc2c1C(=O)O[C@@H](C)C/C=C\C(=O)[C@@H](OC)CCC=C2.COc1cc(O)c2c(c1)C=CCC[C@H](O)C(=O)/C=C\C[C@H](C)OC2=O.O=C(CO)C(F)(F)F. The van der Waals surface area contributed by atoms with Crippen molar-refractivity contribution in [2.24, 2.45) is 0 Å². The Balaban J connectivity index is 0. The number of carbonyl (C=O) groups excluding carboxylic acids is 5. The summed E-state index contributed by atoms with van der Waals surface area (Å²) in [6, 6.07) is 6.33. The van der Waals surface area contributed by atoms with Crippen LogP contribution in [0.2, 0.25) is 0 Å². The smallest absolute Gasteiger partial charge is 0.452 e. The summed E-state index contributed by atoms with van der Waals surface area (Å²) >= 11 is 0. The first-order valence-corrected chi connectivity index (χ1v) is 19.2. The van der Waals surface area contributed by atoms with Gasteiger partial charge in [0.05, 0.1) is 14.2 Å². The second kappa shape index (κ2) is 31.1. The van der Waals surface area contributed by atoms with Crippen molar-refractivity contribution in [2.45, 2.75) is 105 Å². The summed E-state index contributed by atoms with van der Waals surface area (Å²) in [5.41, 5.74) is 1.40. The van der Waals surface area contributed by atoms with Gasteiger partial charge in [0, 0.05) is 39.2 Å². The van der Waals surface area contributed by atoms with E-state index in [0.29, 0.717) is 66.0 Å². The molecular formula is C47H65F3O15. The van der Waals surface area contributed by atoms with Gasteiger partial charge >= 0.3 is 18.1 Å². The van der Waals surface area contributed by atoms with Crippen molar-refractivity contribution in [1.82, 2.24) is 0 Å². The number of halogens is 3. The number of esters is 2. The minimum absolute atomic E-state index is 0. The van der Waals surface area contributed by atoms with Crippen molar-refractivity contribution in [2.75, 3.05) is 41.8 Å². The minimum Gasteiger partial charge on any atom is -0.507 e. The number of Topliss-reactive ketones (excluding diaryl/α,β-unsaturated/α-hetero) is 1. The zero-order valence-electron chi connectivity index (χ0n) is 35.3. The number of alkyl halides is 3. The maximum Gasteiger partial charge on any atom is 0.452 e. The van der Waals surface area contributed by atoms with Crippen LogP contribution in [-0.4, -0.2) is 117 Å². The van der Waals surface area contributed by atoms with Crippen LogP contribution in [0.3, 0.4) is 0 Å². The number of rotatable bonds is 7. The van der Waals surface area contributed by atoms with Crippen LogP contribution in [0, 0.1) is 0 Å². The van der Waals surface area contributed by atoms with E-state index in [1.54, 1.807) is 62.4 Å². The number of phenols is 1. The molecule has 0 amide bonds. The first-order chi connectivity index (χ1) is 29.4. The van der Waals surface area contributed by atoms with Crippen LogP contribution in [0.15, 0.2) is 60.7 Å². The van der Waals surface area contributed by atoms with Gasteiger partial charge in [0.1, 0.15) is 65.1 Å². The molecule has 0 radical (unpaired) electrons. The maximum atomic E-state index is 12.9. The standard InChI is InChI=1S/C22H28O7.C19H22O6.C3H3F3O2.3CH4/c1-15-8-7-10-18(23)19(27-4)11-6-5-9-16-12-17(26-3)13-20(28-14-25-2)21(16)22(24)29-15;1-12-6-5-9-16(21)15(20)8-4-3-7-13-10-14(24-2)11-17(22)18(13)19(23)25-12;4-3(5,6)2(8)1-7;;;/h5,7,9-10,12-13,15,19H,6,8,11,14H2,1-4H3;3,5,7,9-12,15,20,22H,4,6,8H2,1-2H3;7H,1H2;3*1H4/b9-5?,10-7-;7-3?,9-5-;;;;/t15-,19-;12-,15-;;;;/m00..../s1. The number of fused-ring (bicyclic) bond motifs is 2. The molecule has 0 spiro atoms. The van der Waals surface area contributed by atoms with Crippen LogP contribution in [0.1, 0.15) is 106 Å². The van der Waals surface area contributed by atoms with Gasteiger partial charge in [0.2, 0.25) is 0 Å². The van der Waals surface area contributed by atoms with Crippen LogP contribution < -0.4 is 14.2 Å². The number of aromatic hydroxyl groups is 1. The molecule has 0 fully saturated rings. The highest BCUT2D eigenvalue weighted by Gasteiger charge is 2.37. The molecule has 364 valence electrons. The molecule has 4 atom stereocenters. The maximum absolute atomic E-state index is 12.9. The molecule has 15 nitrogen and oxygen atoms in total. The minimum atomic E-state index is -4.88. The second-order valence-electron chi connectivity index (χ2n) is 13.5. The highest BCUT2D eigenvalue weighted by atomic mass is 19.4. The van der Waals surface area contributed by atoms with Gasteiger partial charge in [-0.05, 0) is 74.9 Å². The Hall–Kier alpha value is -5.82. The van der Waals surface area contributed by atoms with E-state index in [1.807, 2.05) is 6.08 Å². The number of cyclic esters (lactones) is 2. The van der Waals surface area contributed by atoms with E-state index in [2.05, 4.69) is 0 Å². The number of benzene rings is 2. The van der Waals surface area contributed by atoms with Crippen molar-refractivity contribution in [1.29, 1.82) is 0 Å². The molecule has 2 aromatic rings. The predicted molar refractivity (Wildman–Crippen MR) is 239 cm³/mol. The van der Waals surface area contributed by atoms with Gasteiger partial charge in [0.15, 0.2) is 18.4 Å². The lowest BCUT2D eigenvalue weighted by Crippen LogP contribution is -2.25. The Kier molecular flexibility index (Phi) is 29.3. The molecule has 2 aliphatic rings. The number of allylic oxidation sites excluding steroid dienone is 2. The molecule has 3 N–H and O–H groups in total. The highest BCUT2D eigenvalue weighted by Crippen LogP contribution is 2.33. The first-order valence-electron chi connectivity index (χ1n) is 19.2. The average molecular weight is 927 g/mol. The number of carbonyl (C=O) groups is 5. The number of aliphatic hydroxyl groups excluding tert-OH is 2. The third kappa shape index (κ3) is 20.7. The second-order valence-corrected chi connectivity index (χ2v) is 13.5. The van der Waals surface area contributed by atoms with Crippen LogP contribution in [0.4, 0.5) is 13.2 Å². The zero-order chi connectivity index (χ0) is 46.4. The third-order valence-corrected chi connectivity index (χ3v) is 8.74. The highest BCUT2D eigenvalue weighted by molar-refractivity contribution is 5.98.